The third-order valence-corrected chi connectivity index (χ3v) is 5.99. The van der Waals surface area contributed by atoms with Gasteiger partial charge in [-0.3, -0.25) is 4.79 Å². The van der Waals surface area contributed by atoms with Crippen molar-refractivity contribution in [1.82, 2.24) is 15.6 Å². The zero-order valence-corrected chi connectivity index (χ0v) is 20.9. The molecule has 0 unspecified atom stereocenters. The molecule has 1 amide bonds. The highest BCUT2D eigenvalue weighted by molar-refractivity contribution is 7.99. The molecular weight excluding hydrogens is 523 g/mol. The van der Waals surface area contributed by atoms with Crippen LogP contribution in [0.2, 0.25) is 10.0 Å². The molecule has 0 aliphatic rings. The van der Waals surface area contributed by atoms with Crippen LogP contribution in [0.5, 0.6) is 11.5 Å². The molecule has 0 aliphatic carbocycles. The molecule has 0 aliphatic heterocycles. The van der Waals surface area contributed by atoms with E-state index in [1.54, 1.807) is 18.2 Å². The van der Waals surface area contributed by atoms with Crippen LogP contribution in [0.25, 0.3) is 10.8 Å². The van der Waals surface area contributed by atoms with Crippen LogP contribution in [0.3, 0.4) is 0 Å². The molecule has 0 saturated carbocycles. The smallest absolute Gasteiger partial charge is 0.277 e. The van der Waals surface area contributed by atoms with Crippen molar-refractivity contribution in [3.05, 3.63) is 76.1 Å². The van der Waals surface area contributed by atoms with Gasteiger partial charge in [0.15, 0.2) is 6.61 Å². The molecule has 0 spiro atoms. The number of amides is 1. The van der Waals surface area contributed by atoms with Crippen molar-refractivity contribution in [2.75, 3.05) is 12.4 Å². The fourth-order valence-electron chi connectivity index (χ4n) is 3.07. The first-order valence-electron chi connectivity index (χ1n) is 10.5. The Kier molecular flexibility index (Phi) is 8.68. The number of hydrogen-bond acceptors (Lipinski definition) is 8. The summed E-state index contributed by atoms with van der Waals surface area (Å²) >= 11 is 13.0. The van der Waals surface area contributed by atoms with Crippen molar-refractivity contribution < 1.29 is 18.7 Å². The largest absolute Gasteiger partial charge is 0.482 e. The standard InChI is InChI=1S/C25H18Cl2N4O4S/c1-2-11-33-21-9-7-16-5-3-4-6-18(16)19(21)13-28-29-23(32)15-36-25-31-30-24(35-25)14-34-22-10-8-17(26)12-20(22)27/h1,3-10,12-13H,11,14-15H2,(H,29,32)/b28-13-. The summed E-state index contributed by atoms with van der Waals surface area (Å²) in [6.45, 7) is 0.132. The predicted octanol–water partition coefficient (Wildman–Crippen LogP) is 5.36. The van der Waals surface area contributed by atoms with Crippen LogP contribution in [0.1, 0.15) is 11.5 Å². The number of thioether (sulfide) groups is 1. The zero-order chi connectivity index (χ0) is 25.3. The SMILES string of the molecule is C#CCOc1ccc2ccccc2c1/C=N\NC(=O)CSc1nnc(COc2ccc(Cl)cc2Cl)o1. The van der Waals surface area contributed by atoms with E-state index in [1.807, 2.05) is 36.4 Å². The average Bonchev–Trinajstić information content (AvgIpc) is 3.34. The number of rotatable bonds is 10. The number of hydrazone groups is 1. The van der Waals surface area contributed by atoms with Gasteiger partial charge in [-0.25, -0.2) is 5.43 Å². The Balaban J connectivity index is 1.31. The number of hydrogen-bond donors (Lipinski definition) is 1. The van der Waals surface area contributed by atoms with Crippen LogP contribution in [0.15, 0.2) is 69.3 Å². The van der Waals surface area contributed by atoms with Crippen molar-refractivity contribution >= 4 is 57.9 Å². The van der Waals surface area contributed by atoms with Gasteiger partial charge in [0, 0.05) is 10.6 Å². The van der Waals surface area contributed by atoms with Gasteiger partial charge in [0.2, 0.25) is 0 Å². The molecule has 3 aromatic carbocycles. The average molecular weight is 541 g/mol. The lowest BCUT2D eigenvalue weighted by Gasteiger charge is -2.09. The predicted molar refractivity (Wildman–Crippen MR) is 140 cm³/mol. The van der Waals surface area contributed by atoms with E-state index in [2.05, 4.69) is 26.6 Å². The van der Waals surface area contributed by atoms with E-state index in [4.69, 9.17) is 43.5 Å². The Hall–Kier alpha value is -3.71. The van der Waals surface area contributed by atoms with Crippen molar-refractivity contribution in [2.24, 2.45) is 5.10 Å². The second-order valence-corrected chi connectivity index (χ2v) is 8.87. The number of aromatic nitrogens is 2. The molecule has 182 valence electrons. The van der Waals surface area contributed by atoms with Gasteiger partial charge in [0.1, 0.15) is 18.1 Å². The topological polar surface area (TPSA) is 98.8 Å². The van der Waals surface area contributed by atoms with Gasteiger partial charge >= 0.3 is 0 Å². The van der Waals surface area contributed by atoms with Gasteiger partial charge in [-0.05, 0) is 35.0 Å². The number of terminal acetylenes is 1. The molecule has 1 aromatic heterocycles. The Morgan fingerprint density at radius 3 is 2.81 bits per heavy atom. The highest BCUT2D eigenvalue weighted by atomic mass is 35.5. The maximum Gasteiger partial charge on any atom is 0.277 e. The molecule has 1 heterocycles. The molecule has 0 radical (unpaired) electrons. The van der Waals surface area contributed by atoms with Crippen LogP contribution < -0.4 is 14.9 Å². The number of halogens is 2. The van der Waals surface area contributed by atoms with Gasteiger partial charge < -0.3 is 13.9 Å². The van der Waals surface area contributed by atoms with E-state index in [1.165, 1.54) is 6.21 Å². The van der Waals surface area contributed by atoms with Crippen LogP contribution in [0.4, 0.5) is 0 Å². The van der Waals surface area contributed by atoms with E-state index < -0.39 is 0 Å². The van der Waals surface area contributed by atoms with Crippen LogP contribution >= 0.6 is 35.0 Å². The fourth-order valence-corrected chi connectivity index (χ4v) is 4.10. The molecule has 4 rings (SSSR count). The second kappa shape index (κ2) is 12.3. The van der Waals surface area contributed by atoms with Gasteiger partial charge in [-0.1, -0.05) is 71.2 Å². The number of fused-ring (bicyclic) bond motifs is 1. The third kappa shape index (κ3) is 6.70. The first kappa shape index (κ1) is 25.4. The highest BCUT2D eigenvalue weighted by Crippen LogP contribution is 2.29. The minimum Gasteiger partial charge on any atom is -0.482 e. The maximum absolute atomic E-state index is 12.3. The minimum atomic E-state index is -0.355. The van der Waals surface area contributed by atoms with Crippen LogP contribution in [0, 0.1) is 12.3 Å². The van der Waals surface area contributed by atoms with Gasteiger partial charge in [-0.15, -0.1) is 16.6 Å². The molecule has 0 fully saturated rings. The van der Waals surface area contributed by atoms with E-state index >= 15 is 0 Å². The summed E-state index contributed by atoms with van der Waals surface area (Å²) < 4.78 is 16.7. The molecule has 0 saturated heterocycles. The number of benzene rings is 3. The van der Waals surface area contributed by atoms with Crippen molar-refractivity contribution in [1.29, 1.82) is 0 Å². The van der Waals surface area contributed by atoms with Gasteiger partial charge in [0.05, 0.1) is 17.0 Å². The monoisotopic (exact) mass is 540 g/mol. The third-order valence-electron chi connectivity index (χ3n) is 4.64. The molecule has 4 aromatic rings. The lowest BCUT2D eigenvalue weighted by atomic mass is 10.0. The highest BCUT2D eigenvalue weighted by Gasteiger charge is 2.12. The lowest BCUT2D eigenvalue weighted by Crippen LogP contribution is -2.19. The summed E-state index contributed by atoms with van der Waals surface area (Å²) in [5.74, 6) is 3.34. The number of nitrogens with zero attached hydrogens (tertiary/aromatic N) is 3. The normalized spacial score (nSPS) is 10.9. The van der Waals surface area contributed by atoms with Crippen LogP contribution in [-0.2, 0) is 11.4 Å². The van der Waals surface area contributed by atoms with Crippen molar-refractivity contribution in [3.63, 3.8) is 0 Å². The Labute approximate surface area is 221 Å². The van der Waals surface area contributed by atoms with E-state index in [0.717, 1.165) is 22.5 Å². The molecule has 11 heteroatoms. The van der Waals surface area contributed by atoms with Gasteiger partial charge in [0.25, 0.3) is 17.0 Å². The second-order valence-electron chi connectivity index (χ2n) is 7.10. The van der Waals surface area contributed by atoms with E-state index in [-0.39, 0.29) is 36.0 Å². The summed E-state index contributed by atoms with van der Waals surface area (Å²) in [5.41, 5.74) is 3.19. The summed E-state index contributed by atoms with van der Waals surface area (Å²) in [6.07, 6.45) is 6.84. The van der Waals surface area contributed by atoms with Gasteiger partial charge in [-0.2, -0.15) is 5.10 Å². The van der Waals surface area contributed by atoms with E-state index in [9.17, 15) is 4.79 Å². The minimum absolute atomic E-state index is 0.0127. The quantitative estimate of drug-likeness (QED) is 0.125. The van der Waals surface area contributed by atoms with Crippen LogP contribution in [-0.4, -0.2) is 34.7 Å². The lowest BCUT2D eigenvalue weighted by molar-refractivity contribution is -0.118. The number of carbonyl (C=O) groups excluding carboxylic acids is 1. The molecule has 0 bridgehead atoms. The summed E-state index contributed by atoms with van der Waals surface area (Å²) in [5, 5.41) is 14.9. The molecule has 8 nitrogen and oxygen atoms in total. The number of carbonyl (C=O) groups is 1. The Morgan fingerprint density at radius 2 is 1.97 bits per heavy atom. The first-order valence-corrected chi connectivity index (χ1v) is 12.2. The zero-order valence-electron chi connectivity index (χ0n) is 18.6. The summed E-state index contributed by atoms with van der Waals surface area (Å²) in [4.78, 5) is 12.3. The molecular formula is C25H18Cl2N4O4S. The van der Waals surface area contributed by atoms with Crippen molar-refractivity contribution in [3.8, 4) is 23.8 Å². The molecule has 0 atom stereocenters. The summed E-state index contributed by atoms with van der Waals surface area (Å²) in [6, 6.07) is 16.4. The molecule has 36 heavy (non-hydrogen) atoms. The first-order chi connectivity index (χ1) is 17.5. The number of nitrogens with one attached hydrogen (secondary N) is 1. The van der Waals surface area contributed by atoms with E-state index in [0.29, 0.717) is 27.1 Å². The Bertz CT molecular complexity index is 1450. The maximum atomic E-state index is 12.3. The molecule has 1 N–H and O–H groups in total. The van der Waals surface area contributed by atoms with Crippen molar-refractivity contribution in [2.45, 2.75) is 11.8 Å². The fraction of sp³-hybridized carbons (Fsp3) is 0.120. The summed E-state index contributed by atoms with van der Waals surface area (Å²) in [7, 11) is 0. The Morgan fingerprint density at radius 1 is 1.14 bits per heavy atom. The number of ether oxygens (including phenoxy) is 2.